The fraction of sp³-hybridized carbons (Fsp3) is 0.565. The molecule has 2 N–H and O–H groups in total. The van der Waals surface area contributed by atoms with E-state index < -0.39 is 0 Å². The van der Waals surface area contributed by atoms with Gasteiger partial charge in [0.15, 0.2) is 0 Å². The van der Waals surface area contributed by atoms with Gasteiger partial charge in [0.2, 0.25) is 11.8 Å². The van der Waals surface area contributed by atoms with Gasteiger partial charge < -0.3 is 10.6 Å². The molecule has 0 spiro atoms. The molecule has 3 rings (SSSR count). The van der Waals surface area contributed by atoms with Gasteiger partial charge in [0.1, 0.15) is 0 Å². The number of likely N-dealkylation sites (tertiary alicyclic amines) is 2. The Kier molecular flexibility index (Phi) is 6.89. The summed E-state index contributed by atoms with van der Waals surface area (Å²) in [5.41, 5.74) is 9.43. The molecule has 0 aromatic heterocycles. The largest absolute Gasteiger partial charge is 0.368 e. The van der Waals surface area contributed by atoms with Crippen LogP contribution in [0.4, 0.5) is 0 Å². The number of allylic oxidation sites excluding steroid dienone is 1. The Bertz CT molecular complexity index is 715. The highest BCUT2D eigenvalue weighted by Crippen LogP contribution is 2.23. The standard InChI is InChI=1S/C23H33N3O2/c1-17-6-5-7-18(2)20(17)10-9-19-11-14-25(15-12-19)22(27)16-26-13-4-3-8-21(26)23(24)28/h5-7,9-10,19,21H,3-4,8,11-16H2,1-2H3,(H2,24,28). The highest BCUT2D eigenvalue weighted by atomic mass is 16.2. The SMILES string of the molecule is Cc1cccc(C)c1C=CC1CCN(C(=O)CN2CCCCC2C(N)=O)CC1. The first-order chi connectivity index (χ1) is 13.5. The van der Waals surface area contributed by atoms with Gasteiger partial charge in [-0.3, -0.25) is 14.5 Å². The van der Waals surface area contributed by atoms with Crippen LogP contribution in [-0.4, -0.2) is 53.8 Å². The second-order valence-electron chi connectivity index (χ2n) is 8.27. The van der Waals surface area contributed by atoms with Crippen molar-refractivity contribution < 1.29 is 9.59 Å². The van der Waals surface area contributed by atoms with Crippen molar-refractivity contribution in [2.45, 2.75) is 52.0 Å². The average molecular weight is 384 g/mol. The van der Waals surface area contributed by atoms with E-state index in [1.807, 2.05) is 9.80 Å². The van der Waals surface area contributed by atoms with Gasteiger partial charge in [0, 0.05) is 13.1 Å². The second-order valence-corrected chi connectivity index (χ2v) is 8.27. The van der Waals surface area contributed by atoms with Crippen LogP contribution in [0.5, 0.6) is 0 Å². The van der Waals surface area contributed by atoms with Gasteiger partial charge in [-0.05, 0) is 68.7 Å². The van der Waals surface area contributed by atoms with E-state index in [4.69, 9.17) is 5.73 Å². The Balaban J connectivity index is 1.51. The van der Waals surface area contributed by atoms with E-state index in [9.17, 15) is 9.59 Å². The van der Waals surface area contributed by atoms with Crippen LogP contribution in [0.3, 0.4) is 0 Å². The lowest BCUT2D eigenvalue weighted by Gasteiger charge is -2.36. The maximum atomic E-state index is 12.7. The minimum Gasteiger partial charge on any atom is -0.368 e. The Morgan fingerprint density at radius 3 is 2.39 bits per heavy atom. The monoisotopic (exact) mass is 383 g/mol. The molecular formula is C23H33N3O2. The van der Waals surface area contributed by atoms with E-state index in [1.54, 1.807) is 0 Å². The lowest BCUT2D eigenvalue weighted by molar-refractivity contribution is -0.136. The van der Waals surface area contributed by atoms with E-state index in [0.717, 1.165) is 51.7 Å². The molecule has 0 aliphatic carbocycles. The number of primary amides is 1. The van der Waals surface area contributed by atoms with Crippen LogP contribution in [0, 0.1) is 19.8 Å². The number of carbonyl (C=O) groups is 2. The van der Waals surface area contributed by atoms with E-state index in [0.29, 0.717) is 12.5 Å². The van der Waals surface area contributed by atoms with Crippen molar-refractivity contribution in [3.8, 4) is 0 Å². The van der Waals surface area contributed by atoms with Crippen molar-refractivity contribution in [2.24, 2.45) is 11.7 Å². The number of benzene rings is 1. The highest BCUT2D eigenvalue weighted by Gasteiger charge is 2.30. The molecule has 0 saturated carbocycles. The summed E-state index contributed by atoms with van der Waals surface area (Å²) in [7, 11) is 0. The molecule has 2 saturated heterocycles. The molecule has 28 heavy (non-hydrogen) atoms. The Morgan fingerprint density at radius 2 is 1.75 bits per heavy atom. The van der Waals surface area contributed by atoms with Crippen LogP contribution in [0.25, 0.3) is 6.08 Å². The van der Waals surface area contributed by atoms with E-state index in [1.165, 1.54) is 16.7 Å². The van der Waals surface area contributed by atoms with Crippen LogP contribution in [0.2, 0.25) is 0 Å². The molecule has 5 nitrogen and oxygen atoms in total. The molecule has 152 valence electrons. The van der Waals surface area contributed by atoms with Gasteiger partial charge in [-0.15, -0.1) is 0 Å². The summed E-state index contributed by atoms with van der Waals surface area (Å²) in [6.45, 7) is 6.97. The summed E-state index contributed by atoms with van der Waals surface area (Å²) < 4.78 is 0. The summed E-state index contributed by atoms with van der Waals surface area (Å²) in [5, 5.41) is 0. The third kappa shape index (κ3) is 5.02. The zero-order chi connectivity index (χ0) is 20.1. The third-order valence-corrected chi connectivity index (χ3v) is 6.25. The predicted molar refractivity (Wildman–Crippen MR) is 113 cm³/mol. The molecule has 2 fully saturated rings. The number of nitrogens with two attached hydrogens (primary N) is 1. The molecular weight excluding hydrogens is 350 g/mol. The topological polar surface area (TPSA) is 66.6 Å². The van der Waals surface area contributed by atoms with Gasteiger partial charge in [-0.25, -0.2) is 0 Å². The molecule has 1 unspecified atom stereocenters. The summed E-state index contributed by atoms with van der Waals surface area (Å²) in [5.74, 6) is 0.338. The number of aryl methyl sites for hydroxylation is 2. The number of amides is 2. The number of piperidine rings is 2. The summed E-state index contributed by atoms with van der Waals surface area (Å²) in [6.07, 6.45) is 9.36. The fourth-order valence-corrected chi connectivity index (χ4v) is 4.44. The third-order valence-electron chi connectivity index (χ3n) is 6.25. The fourth-order valence-electron chi connectivity index (χ4n) is 4.44. The predicted octanol–water partition coefficient (Wildman–Crippen LogP) is 2.90. The lowest BCUT2D eigenvalue weighted by Crippen LogP contribution is -2.52. The molecule has 1 aromatic rings. The zero-order valence-corrected chi connectivity index (χ0v) is 17.2. The number of carbonyl (C=O) groups excluding carboxylic acids is 2. The molecule has 0 radical (unpaired) electrons. The van der Waals surface area contributed by atoms with Crippen LogP contribution >= 0.6 is 0 Å². The Labute approximate surface area is 168 Å². The van der Waals surface area contributed by atoms with Crippen molar-refractivity contribution >= 4 is 17.9 Å². The Hall–Kier alpha value is -2.14. The average Bonchev–Trinajstić information content (AvgIpc) is 2.68. The first-order valence-corrected chi connectivity index (χ1v) is 10.5. The Morgan fingerprint density at radius 1 is 1.07 bits per heavy atom. The summed E-state index contributed by atoms with van der Waals surface area (Å²) >= 11 is 0. The number of hydrogen-bond donors (Lipinski definition) is 1. The van der Waals surface area contributed by atoms with Crippen molar-refractivity contribution in [3.05, 3.63) is 41.0 Å². The van der Waals surface area contributed by atoms with Gasteiger partial charge >= 0.3 is 0 Å². The van der Waals surface area contributed by atoms with Crippen molar-refractivity contribution in [1.29, 1.82) is 0 Å². The van der Waals surface area contributed by atoms with Crippen LogP contribution in [0.1, 0.15) is 48.8 Å². The molecule has 0 bridgehead atoms. The summed E-state index contributed by atoms with van der Waals surface area (Å²) in [6, 6.07) is 6.11. The van der Waals surface area contributed by atoms with Gasteiger partial charge in [0.05, 0.1) is 12.6 Å². The smallest absolute Gasteiger partial charge is 0.236 e. The van der Waals surface area contributed by atoms with Crippen molar-refractivity contribution in [1.82, 2.24) is 9.80 Å². The number of rotatable bonds is 5. The van der Waals surface area contributed by atoms with E-state index in [-0.39, 0.29) is 17.9 Å². The van der Waals surface area contributed by atoms with Gasteiger partial charge in [-0.1, -0.05) is 36.8 Å². The molecule has 5 heteroatoms. The maximum absolute atomic E-state index is 12.7. The number of nitrogens with zero attached hydrogens (tertiary/aromatic N) is 2. The second kappa shape index (κ2) is 9.37. The first kappa shape index (κ1) is 20.6. The minimum absolute atomic E-state index is 0.130. The van der Waals surface area contributed by atoms with Crippen molar-refractivity contribution in [2.75, 3.05) is 26.2 Å². The van der Waals surface area contributed by atoms with Gasteiger partial charge in [0.25, 0.3) is 0 Å². The maximum Gasteiger partial charge on any atom is 0.236 e. The normalized spacial score (nSPS) is 21.9. The van der Waals surface area contributed by atoms with E-state index >= 15 is 0 Å². The minimum atomic E-state index is -0.303. The zero-order valence-electron chi connectivity index (χ0n) is 17.2. The molecule has 1 atom stereocenters. The molecule has 2 amide bonds. The molecule has 1 aromatic carbocycles. The van der Waals surface area contributed by atoms with Crippen LogP contribution in [-0.2, 0) is 9.59 Å². The highest BCUT2D eigenvalue weighted by molar-refractivity contribution is 5.82. The molecule has 2 heterocycles. The van der Waals surface area contributed by atoms with Crippen LogP contribution in [0.15, 0.2) is 24.3 Å². The quantitative estimate of drug-likeness (QED) is 0.850. The van der Waals surface area contributed by atoms with Crippen LogP contribution < -0.4 is 5.73 Å². The molecule has 2 aliphatic heterocycles. The van der Waals surface area contributed by atoms with Gasteiger partial charge in [-0.2, -0.15) is 0 Å². The summed E-state index contributed by atoms with van der Waals surface area (Å²) in [4.78, 5) is 28.3. The van der Waals surface area contributed by atoms with Crippen molar-refractivity contribution in [3.63, 3.8) is 0 Å². The lowest BCUT2D eigenvalue weighted by atomic mass is 9.94. The molecule has 2 aliphatic rings. The van der Waals surface area contributed by atoms with E-state index in [2.05, 4.69) is 44.2 Å². The first-order valence-electron chi connectivity index (χ1n) is 10.5. The number of hydrogen-bond acceptors (Lipinski definition) is 3.